The van der Waals surface area contributed by atoms with Crippen LogP contribution in [0.2, 0.25) is 0 Å². The molecule has 3 unspecified atom stereocenters. The van der Waals surface area contributed by atoms with Gasteiger partial charge in [0.2, 0.25) is 0 Å². The zero-order valence-corrected chi connectivity index (χ0v) is 11.9. The van der Waals surface area contributed by atoms with Gasteiger partial charge in [0.05, 0.1) is 0 Å². The van der Waals surface area contributed by atoms with Gasteiger partial charge < -0.3 is 15.7 Å². The number of aliphatic carboxylic acids is 1. The zero-order valence-electron chi connectivity index (χ0n) is 11.9. The number of hydrogen-bond acceptors (Lipinski definition) is 3. The quantitative estimate of drug-likeness (QED) is 0.882. The van der Waals surface area contributed by atoms with Crippen molar-refractivity contribution in [2.45, 2.75) is 31.8 Å². The van der Waals surface area contributed by atoms with Crippen molar-refractivity contribution in [2.75, 3.05) is 6.54 Å². The van der Waals surface area contributed by atoms with Gasteiger partial charge >= 0.3 is 5.97 Å². The molecule has 1 saturated carbocycles. The number of benzene rings is 1. The molecule has 5 heteroatoms. The van der Waals surface area contributed by atoms with Crippen molar-refractivity contribution in [2.24, 2.45) is 17.6 Å². The first-order valence-corrected chi connectivity index (χ1v) is 7.44. The molecule has 0 radical (unpaired) electrons. The molecule has 0 bridgehead atoms. The van der Waals surface area contributed by atoms with E-state index in [-0.39, 0.29) is 11.8 Å². The highest BCUT2D eigenvalue weighted by molar-refractivity contribution is 5.97. The molecule has 1 heterocycles. The summed E-state index contributed by atoms with van der Waals surface area (Å²) in [4.78, 5) is 25.8. The number of carbonyl (C=O) groups excluding carboxylic acids is 1. The minimum atomic E-state index is -0.878. The molecule has 1 aromatic carbocycles. The van der Waals surface area contributed by atoms with Crippen molar-refractivity contribution >= 4 is 11.9 Å². The third-order valence-electron chi connectivity index (χ3n) is 4.84. The van der Waals surface area contributed by atoms with Crippen LogP contribution in [0.3, 0.4) is 0 Å². The molecule has 2 aliphatic rings. The maximum absolute atomic E-state index is 12.6. The Morgan fingerprint density at radius 1 is 1.24 bits per heavy atom. The maximum atomic E-state index is 12.6. The van der Waals surface area contributed by atoms with Crippen LogP contribution >= 0.6 is 0 Å². The molecule has 1 aromatic rings. The number of nitrogens with zero attached hydrogens (tertiary/aromatic N) is 1. The summed E-state index contributed by atoms with van der Waals surface area (Å²) in [6, 6.07) is 6.44. The normalized spacial score (nSPS) is 27.7. The van der Waals surface area contributed by atoms with Gasteiger partial charge in [-0.2, -0.15) is 0 Å². The largest absolute Gasteiger partial charge is 0.480 e. The van der Waals surface area contributed by atoms with Gasteiger partial charge in [-0.1, -0.05) is 18.6 Å². The van der Waals surface area contributed by atoms with Gasteiger partial charge in [-0.3, -0.25) is 4.79 Å². The number of hydrogen-bond donors (Lipinski definition) is 2. The molecule has 21 heavy (non-hydrogen) atoms. The first kappa shape index (κ1) is 14.1. The van der Waals surface area contributed by atoms with E-state index in [0.717, 1.165) is 24.8 Å². The Balaban J connectivity index is 1.84. The van der Waals surface area contributed by atoms with Gasteiger partial charge in [-0.05, 0) is 42.4 Å². The van der Waals surface area contributed by atoms with E-state index < -0.39 is 12.0 Å². The van der Waals surface area contributed by atoms with Crippen LogP contribution in [0.1, 0.15) is 35.2 Å². The Hall–Kier alpha value is -1.88. The molecule has 2 fully saturated rings. The standard InChI is InChI=1S/C16H20N2O3/c17-8-10-4-6-11(7-5-10)15(19)18-9-12-2-1-3-13(12)14(18)16(20)21/h4-7,12-14H,1-3,8-9,17H2,(H,20,21). The average Bonchev–Trinajstić information content (AvgIpc) is 3.06. The number of carbonyl (C=O) groups is 2. The predicted molar refractivity (Wildman–Crippen MR) is 77.6 cm³/mol. The van der Waals surface area contributed by atoms with Crippen LogP contribution in [-0.2, 0) is 11.3 Å². The topological polar surface area (TPSA) is 83.6 Å². The van der Waals surface area contributed by atoms with E-state index in [9.17, 15) is 14.7 Å². The zero-order chi connectivity index (χ0) is 15.0. The molecule has 0 spiro atoms. The van der Waals surface area contributed by atoms with Crippen molar-refractivity contribution in [3.63, 3.8) is 0 Å². The summed E-state index contributed by atoms with van der Waals surface area (Å²) >= 11 is 0. The Kier molecular flexibility index (Phi) is 3.68. The van der Waals surface area contributed by atoms with Crippen LogP contribution in [0.25, 0.3) is 0 Å². The second kappa shape index (κ2) is 5.48. The van der Waals surface area contributed by atoms with Crippen LogP contribution < -0.4 is 5.73 Å². The van der Waals surface area contributed by atoms with Crippen molar-refractivity contribution in [1.29, 1.82) is 0 Å². The summed E-state index contributed by atoms with van der Waals surface area (Å²) in [5.74, 6) is -0.593. The number of carboxylic acid groups (broad SMARTS) is 1. The summed E-state index contributed by atoms with van der Waals surface area (Å²) in [7, 11) is 0. The number of rotatable bonds is 3. The molecule has 1 aliphatic heterocycles. The molecule has 3 rings (SSSR count). The smallest absolute Gasteiger partial charge is 0.326 e. The lowest BCUT2D eigenvalue weighted by molar-refractivity contribution is -0.142. The van der Waals surface area contributed by atoms with Crippen LogP contribution in [0, 0.1) is 11.8 Å². The third-order valence-corrected chi connectivity index (χ3v) is 4.84. The number of carboxylic acids is 1. The Morgan fingerprint density at radius 3 is 2.57 bits per heavy atom. The molecule has 3 N–H and O–H groups in total. The third kappa shape index (κ3) is 2.42. The monoisotopic (exact) mass is 288 g/mol. The van der Waals surface area contributed by atoms with E-state index in [1.54, 1.807) is 17.0 Å². The van der Waals surface area contributed by atoms with E-state index in [2.05, 4.69) is 0 Å². The Labute approximate surface area is 123 Å². The van der Waals surface area contributed by atoms with Gasteiger partial charge in [0, 0.05) is 18.7 Å². The van der Waals surface area contributed by atoms with Crippen LogP contribution in [0.4, 0.5) is 0 Å². The Morgan fingerprint density at radius 2 is 1.95 bits per heavy atom. The summed E-state index contributed by atoms with van der Waals surface area (Å²) < 4.78 is 0. The number of likely N-dealkylation sites (tertiary alicyclic amines) is 1. The first-order chi connectivity index (χ1) is 10.1. The highest BCUT2D eigenvalue weighted by Gasteiger charge is 2.49. The van der Waals surface area contributed by atoms with Gasteiger partial charge in [-0.25, -0.2) is 4.79 Å². The lowest BCUT2D eigenvalue weighted by Gasteiger charge is -2.24. The summed E-state index contributed by atoms with van der Waals surface area (Å²) in [5, 5.41) is 9.50. The number of fused-ring (bicyclic) bond motifs is 1. The molecule has 1 amide bonds. The highest BCUT2D eigenvalue weighted by Crippen LogP contribution is 2.42. The fourth-order valence-electron chi connectivity index (χ4n) is 3.78. The van der Waals surface area contributed by atoms with E-state index in [4.69, 9.17) is 5.73 Å². The van der Waals surface area contributed by atoms with Crippen molar-refractivity contribution in [3.8, 4) is 0 Å². The van der Waals surface area contributed by atoms with E-state index in [1.807, 2.05) is 12.1 Å². The summed E-state index contributed by atoms with van der Waals surface area (Å²) in [5.41, 5.74) is 7.05. The van der Waals surface area contributed by atoms with E-state index in [1.165, 1.54) is 0 Å². The fourth-order valence-corrected chi connectivity index (χ4v) is 3.78. The summed E-state index contributed by atoms with van der Waals surface area (Å²) in [6.45, 7) is 0.999. The fraction of sp³-hybridized carbons (Fsp3) is 0.500. The molecule has 5 nitrogen and oxygen atoms in total. The summed E-state index contributed by atoms with van der Waals surface area (Å²) in [6.07, 6.45) is 3.02. The minimum absolute atomic E-state index is 0.120. The van der Waals surface area contributed by atoms with E-state index in [0.29, 0.717) is 24.6 Å². The lowest BCUT2D eigenvalue weighted by Crippen LogP contribution is -2.43. The second-order valence-corrected chi connectivity index (χ2v) is 6.00. The molecule has 112 valence electrons. The van der Waals surface area contributed by atoms with Crippen molar-refractivity contribution in [3.05, 3.63) is 35.4 Å². The second-order valence-electron chi connectivity index (χ2n) is 6.00. The maximum Gasteiger partial charge on any atom is 0.326 e. The van der Waals surface area contributed by atoms with Crippen molar-refractivity contribution < 1.29 is 14.7 Å². The molecular formula is C16H20N2O3. The van der Waals surface area contributed by atoms with Gasteiger partial charge in [0.25, 0.3) is 5.91 Å². The number of amides is 1. The van der Waals surface area contributed by atoms with Gasteiger partial charge in [0.15, 0.2) is 0 Å². The minimum Gasteiger partial charge on any atom is -0.480 e. The lowest BCUT2D eigenvalue weighted by atomic mass is 9.94. The Bertz CT molecular complexity index is 555. The van der Waals surface area contributed by atoms with Crippen LogP contribution in [-0.4, -0.2) is 34.5 Å². The van der Waals surface area contributed by atoms with Crippen LogP contribution in [0.15, 0.2) is 24.3 Å². The van der Waals surface area contributed by atoms with Crippen molar-refractivity contribution in [1.82, 2.24) is 4.90 Å². The highest BCUT2D eigenvalue weighted by atomic mass is 16.4. The SMILES string of the molecule is NCc1ccc(C(=O)N2CC3CCCC3C2C(=O)O)cc1. The van der Waals surface area contributed by atoms with Gasteiger partial charge in [0.1, 0.15) is 6.04 Å². The molecular weight excluding hydrogens is 268 g/mol. The number of nitrogens with two attached hydrogens (primary N) is 1. The predicted octanol–water partition coefficient (Wildman–Crippen LogP) is 1.47. The van der Waals surface area contributed by atoms with Crippen LogP contribution in [0.5, 0.6) is 0 Å². The molecule has 3 atom stereocenters. The molecule has 1 aliphatic carbocycles. The molecule has 1 saturated heterocycles. The van der Waals surface area contributed by atoms with E-state index >= 15 is 0 Å². The first-order valence-electron chi connectivity index (χ1n) is 7.44. The molecule has 0 aromatic heterocycles. The average molecular weight is 288 g/mol. The van der Waals surface area contributed by atoms with Gasteiger partial charge in [-0.15, -0.1) is 0 Å².